The Labute approximate surface area is 196 Å². The van der Waals surface area contributed by atoms with Gasteiger partial charge in [-0.2, -0.15) is 0 Å². The molecule has 0 N–H and O–H groups in total. The first-order chi connectivity index (χ1) is 14.7. The molecule has 0 aliphatic carbocycles. The lowest BCUT2D eigenvalue weighted by Crippen LogP contribution is -2.41. The molecule has 31 heavy (non-hydrogen) atoms. The molecule has 0 saturated heterocycles. The van der Waals surface area contributed by atoms with Crippen LogP contribution in [0.4, 0.5) is 5.69 Å². The van der Waals surface area contributed by atoms with E-state index in [1.807, 2.05) is 12.1 Å². The lowest BCUT2D eigenvalue weighted by atomic mass is 10.2. The van der Waals surface area contributed by atoms with E-state index in [1.54, 1.807) is 37.4 Å². The smallest absolute Gasteiger partial charge is 0.264 e. The van der Waals surface area contributed by atoms with E-state index in [4.69, 9.17) is 34.8 Å². The molecule has 0 saturated carbocycles. The summed E-state index contributed by atoms with van der Waals surface area (Å²) in [4.78, 5) is 14.5. The molecule has 3 aromatic carbocycles. The Balaban J connectivity index is 1.91. The lowest BCUT2D eigenvalue weighted by Gasteiger charge is -2.27. The van der Waals surface area contributed by atoms with Gasteiger partial charge in [-0.25, -0.2) is 8.42 Å². The third kappa shape index (κ3) is 5.71. The fourth-order valence-corrected chi connectivity index (χ4v) is 4.72. The molecule has 0 bridgehead atoms. The summed E-state index contributed by atoms with van der Waals surface area (Å²) in [5.74, 6) is -0.388. The number of hydrogen-bond donors (Lipinski definition) is 0. The van der Waals surface area contributed by atoms with Crippen molar-refractivity contribution < 1.29 is 13.2 Å². The van der Waals surface area contributed by atoms with Gasteiger partial charge in [0.15, 0.2) is 0 Å². The zero-order valence-electron chi connectivity index (χ0n) is 16.5. The molecule has 0 aromatic heterocycles. The minimum atomic E-state index is -4.02. The van der Waals surface area contributed by atoms with Crippen LogP contribution in [-0.2, 0) is 21.4 Å². The van der Waals surface area contributed by atoms with Gasteiger partial charge in [0.05, 0.1) is 20.6 Å². The molecule has 3 aromatic rings. The summed E-state index contributed by atoms with van der Waals surface area (Å²) >= 11 is 18.0. The molecule has 0 atom stereocenters. The lowest BCUT2D eigenvalue weighted by molar-refractivity contribution is -0.128. The number of sulfonamides is 1. The number of hydrogen-bond acceptors (Lipinski definition) is 3. The van der Waals surface area contributed by atoms with Gasteiger partial charge in [-0.1, -0.05) is 65.1 Å². The van der Waals surface area contributed by atoms with Crippen LogP contribution < -0.4 is 4.31 Å². The van der Waals surface area contributed by atoms with Gasteiger partial charge >= 0.3 is 0 Å². The minimum Gasteiger partial charge on any atom is -0.340 e. The van der Waals surface area contributed by atoms with Crippen LogP contribution in [0, 0.1) is 0 Å². The Kier molecular flexibility index (Phi) is 7.49. The van der Waals surface area contributed by atoms with Gasteiger partial charge in [0.2, 0.25) is 5.91 Å². The average molecular weight is 498 g/mol. The topological polar surface area (TPSA) is 57.7 Å². The van der Waals surface area contributed by atoms with Crippen LogP contribution in [-0.4, -0.2) is 32.8 Å². The Morgan fingerprint density at radius 3 is 2.13 bits per heavy atom. The first-order valence-electron chi connectivity index (χ1n) is 9.20. The molecule has 0 aliphatic heterocycles. The van der Waals surface area contributed by atoms with Gasteiger partial charge in [0, 0.05) is 18.6 Å². The second-order valence-corrected chi connectivity index (χ2v) is 9.91. The summed E-state index contributed by atoms with van der Waals surface area (Å²) in [5.41, 5.74) is 1.11. The summed E-state index contributed by atoms with van der Waals surface area (Å²) in [7, 11) is -2.41. The molecule has 1 amide bonds. The molecule has 0 aliphatic rings. The van der Waals surface area contributed by atoms with E-state index < -0.39 is 16.6 Å². The van der Waals surface area contributed by atoms with Crippen LogP contribution in [0.15, 0.2) is 77.7 Å². The highest BCUT2D eigenvalue weighted by atomic mass is 35.5. The predicted molar refractivity (Wildman–Crippen MR) is 125 cm³/mol. The zero-order valence-corrected chi connectivity index (χ0v) is 19.6. The van der Waals surface area contributed by atoms with Gasteiger partial charge < -0.3 is 4.90 Å². The second-order valence-electron chi connectivity index (χ2n) is 6.80. The molecule has 0 unspecified atom stereocenters. The van der Waals surface area contributed by atoms with E-state index in [2.05, 4.69) is 0 Å². The number of rotatable bonds is 7. The van der Waals surface area contributed by atoms with E-state index in [0.29, 0.717) is 11.6 Å². The van der Waals surface area contributed by atoms with Gasteiger partial charge in [0.25, 0.3) is 10.0 Å². The maximum Gasteiger partial charge on any atom is 0.264 e. The Hall–Kier alpha value is -2.25. The third-order valence-electron chi connectivity index (χ3n) is 4.56. The van der Waals surface area contributed by atoms with Crippen molar-refractivity contribution >= 4 is 56.4 Å². The quantitative estimate of drug-likeness (QED) is 0.433. The molecular formula is C22H19Cl3N2O3S. The molecule has 5 nitrogen and oxygen atoms in total. The van der Waals surface area contributed by atoms with Gasteiger partial charge in [-0.05, 0) is 48.0 Å². The average Bonchev–Trinajstić information content (AvgIpc) is 2.76. The van der Waals surface area contributed by atoms with Gasteiger partial charge in [-0.15, -0.1) is 0 Å². The van der Waals surface area contributed by atoms with Crippen LogP contribution >= 0.6 is 34.8 Å². The second kappa shape index (κ2) is 9.92. The maximum absolute atomic E-state index is 13.3. The van der Waals surface area contributed by atoms with Crippen molar-refractivity contribution in [1.29, 1.82) is 0 Å². The van der Waals surface area contributed by atoms with Crippen LogP contribution in [0.1, 0.15) is 5.56 Å². The zero-order chi connectivity index (χ0) is 22.6. The number of benzene rings is 3. The van der Waals surface area contributed by atoms with Crippen molar-refractivity contribution in [2.45, 2.75) is 11.4 Å². The van der Waals surface area contributed by atoms with Crippen LogP contribution in [0.2, 0.25) is 15.1 Å². The highest BCUT2D eigenvalue weighted by Crippen LogP contribution is 2.30. The van der Waals surface area contributed by atoms with E-state index in [9.17, 15) is 13.2 Å². The fourth-order valence-electron chi connectivity index (χ4n) is 2.87. The van der Waals surface area contributed by atoms with Crippen molar-refractivity contribution in [3.05, 3.63) is 93.4 Å². The van der Waals surface area contributed by atoms with E-state index in [1.165, 1.54) is 35.2 Å². The van der Waals surface area contributed by atoms with Crippen molar-refractivity contribution in [2.75, 3.05) is 17.9 Å². The van der Waals surface area contributed by atoms with E-state index in [-0.39, 0.29) is 26.5 Å². The molecule has 162 valence electrons. The number of amides is 1. The maximum atomic E-state index is 13.3. The first kappa shape index (κ1) is 23.4. The van der Waals surface area contributed by atoms with Crippen molar-refractivity contribution in [3.8, 4) is 0 Å². The van der Waals surface area contributed by atoms with Gasteiger partial charge in [0.1, 0.15) is 6.54 Å². The molecule has 9 heteroatoms. The predicted octanol–water partition coefficient (Wildman–Crippen LogP) is 5.50. The monoisotopic (exact) mass is 496 g/mol. The number of halogens is 3. The van der Waals surface area contributed by atoms with Crippen LogP contribution in [0.5, 0.6) is 0 Å². The molecule has 3 rings (SSSR count). The number of carbonyl (C=O) groups excluding carboxylic acids is 1. The number of anilines is 1. The van der Waals surface area contributed by atoms with Crippen LogP contribution in [0.25, 0.3) is 0 Å². The standard InChI is InChI=1S/C22H19Cl3N2O3S/c1-26(14-16-7-9-17(23)10-8-16)22(28)15-27(18-11-12-20(24)21(25)13-18)31(29,30)19-5-3-2-4-6-19/h2-13H,14-15H2,1H3. The highest BCUT2D eigenvalue weighted by Gasteiger charge is 2.28. The van der Waals surface area contributed by atoms with E-state index >= 15 is 0 Å². The van der Waals surface area contributed by atoms with Gasteiger partial charge in [-0.3, -0.25) is 9.10 Å². The molecule has 0 heterocycles. The molecule has 0 fully saturated rings. The summed E-state index contributed by atoms with van der Waals surface area (Å²) in [6, 6.07) is 19.4. The van der Waals surface area contributed by atoms with Crippen molar-refractivity contribution in [1.82, 2.24) is 4.90 Å². The highest BCUT2D eigenvalue weighted by molar-refractivity contribution is 7.92. The Morgan fingerprint density at radius 1 is 0.871 bits per heavy atom. The minimum absolute atomic E-state index is 0.0641. The molecule has 0 radical (unpaired) electrons. The normalized spacial score (nSPS) is 11.2. The first-order valence-corrected chi connectivity index (χ1v) is 11.8. The Bertz CT molecular complexity index is 1170. The number of nitrogens with zero attached hydrogens (tertiary/aromatic N) is 2. The number of likely N-dealkylation sites (N-methyl/N-ethyl adjacent to an activating group) is 1. The van der Waals surface area contributed by atoms with Crippen LogP contribution in [0.3, 0.4) is 0 Å². The fraction of sp³-hybridized carbons (Fsp3) is 0.136. The number of carbonyl (C=O) groups is 1. The summed E-state index contributed by atoms with van der Waals surface area (Å²) < 4.78 is 27.7. The Morgan fingerprint density at radius 2 is 1.52 bits per heavy atom. The summed E-state index contributed by atoms with van der Waals surface area (Å²) in [5, 5.41) is 1.07. The molecule has 0 spiro atoms. The van der Waals surface area contributed by atoms with Crippen molar-refractivity contribution in [3.63, 3.8) is 0 Å². The SMILES string of the molecule is CN(Cc1ccc(Cl)cc1)C(=O)CN(c1ccc(Cl)c(Cl)c1)S(=O)(=O)c1ccccc1. The largest absolute Gasteiger partial charge is 0.340 e. The van der Waals surface area contributed by atoms with Crippen molar-refractivity contribution in [2.24, 2.45) is 0 Å². The third-order valence-corrected chi connectivity index (χ3v) is 7.34. The summed E-state index contributed by atoms with van der Waals surface area (Å²) in [6.45, 7) is -0.101. The summed E-state index contributed by atoms with van der Waals surface area (Å²) in [6.07, 6.45) is 0. The molecular weight excluding hydrogens is 479 g/mol. The van der Waals surface area contributed by atoms with E-state index in [0.717, 1.165) is 9.87 Å².